The summed E-state index contributed by atoms with van der Waals surface area (Å²) in [6, 6.07) is 2.07. The topological polar surface area (TPSA) is 77.8 Å². The molecule has 0 saturated heterocycles. The minimum atomic E-state index is 0.380. The van der Waals surface area contributed by atoms with Crippen LogP contribution in [0.2, 0.25) is 0 Å². The highest BCUT2D eigenvalue weighted by atomic mass is 16.5. The molecule has 5 nitrogen and oxygen atoms in total. The Hall–Kier alpha value is -1.75. The Morgan fingerprint density at radius 1 is 1.29 bits per heavy atom. The van der Waals surface area contributed by atoms with Gasteiger partial charge in [-0.05, 0) is 49.8 Å². The van der Waals surface area contributed by atoms with Crippen LogP contribution in [0.4, 0.5) is 0 Å². The van der Waals surface area contributed by atoms with E-state index in [-0.39, 0.29) is 0 Å². The van der Waals surface area contributed by atoms with Gasteiger partial charge in [-0.2, -0.15) is 4.98 Å². The zero-order valence-corrected chi connectivity index (χ0v) is 13.3. The highest BCUT2D eigenvalue weighted by Crippen LogP contribution is 2.21. The maximum absolute atomic E-state index is 5.83. The van der Waals surface area contributed by atoms with Gasteiger partial charge in [0.05, 0.1) is 0 Å². The maximum atomic E-state index is 5.83. The summed E-state index contributed by atoms with van der Waals surface area (Å²) in [6.07, 6.45) is 3.61. The van der Waals surface area contributed by atoms with Gasteiger partial charge in [0.25, 0.3) is 0 Å². The van der Waals surface area contributed by atoms with Gasteiger partial charge in [-0.15, -0.1) is 0 Å². The van der Waals surface area contributed by atoms with Crippen LogP contribution in [0.25, 0.3) is 11.5 Å². The van der Waals surface area contributed by atoms with E-state index in [1.807, 2.05) is 20.0 Å². The number of hydrogen-bond acceptors (Lipinski definition) is 5. The molecule has 0 spiro atoms. The van der Waals surface area contributed by atoms with Gasteiger partial charge < -0.3 is 10.3 Å². The van der Waals surface area contributed by atoms with E-state index in [1.54, 1.807) is 0 Å². The minimum Gasteiger partial charge on any atom is -0.339 e. The third kappa shape index (κ3) is 4.11. The molecule has 0 saturated carbocycles. The van der Waals surface area contributed by atoms with Crippen LogP contribution in [0.15, 0.2) is 16.8 Å². The van der Waals surface area contributed by atoms with Crippen LogP contribution in [0.5, 0.6) is 0 Å². The van der Waals surface area contributed by atoms with Gasteiger partial charge in [-0.1, -0.05) is 25.1 Å². The number of nitrogens with two attached hydrogens (primary N) is 1. The molecule has 0 fully saturated rings. The highest BCUT2D eigenvalue weighted by Gasteiger charge is 2.17. The molecule has 0 unspecified atom stereocenters. The third-order valence-corrected chi connectivity index (χ3v) is 3.50. The Balaban J connectivity index is 2.14. The summed E-state index contributed by atoms with van der Waals surface area (Å²) in [7, 11) is 0. The number of hydrogen-bond donors (Lipinski definition) is 1. The highest BCUT2D eigenvalue weighted by molar-refractivity contribution is 5.53. The largest absolute Gasteiger partial charge is 0.339 e. The fraction of sp³-hybridized carbons (Fsp3) is 0.562. The Labute approximate surface area is 126 Å². The summed E-state index contributed by atoms with van der Waals surface area (Å²) in [5.41, 5.74) is 8.79. The second kappa shape index (κ2) is 6.80. The molecule has 2 aromatic rings. The number of nitrogens with zero attached hydrogens (tertiary/aromatic N) is 3. The van der Waals surface area contributed by atoms with Gasteiger partial charge in [-0.25, -0.2) is 0 Å². The lowest BCUT2D eigenvalue weighted by Gasteiger charge is -2.14. The van der Waals surface area contributed by atoms with Crippen LogP contribution in [0.3, 0.4) is 0 Å². The Morgan fingerprint density at radius 3 is 2.67 bits per heavy atom. The van der Waals surface area contributed by atoms with E-state index in [0.717, 1.165) is 29.7 Å². The summed E-state index contributed by atoms with van der Waals surface area (Å²) >= 11 is 0. The molecule has 1 atom stereocenters. The van der Waals surface area contributed by atoms with Crippen LogP contribution in [0.1, 0.15) is 37.3 Å². The van der Waals surface area contributed by atoms with Crippen molar-refractivity contribution in [1.29, 1.82) is 0 Å². The second-order valence-corrected chi connectivity index (χ2v) is 6.13. The standard InChI is InChI=1S/C16H24N4O/c1-10(2)5-13(8-17)7-14-19-16(20-21-14)15-12(4)6-11(3)9-18-15/h6,9-10,13H,5,7-8,17H2,1-4H3/t13-/m0/s1. The first kappa shape index (κ1) is 15.6. The smallest absolute Gasteiger partial charge is 0.227 e. The molecule has 0 aliphatic carbocycles. The average molecular weight is 288 g/mol. The van der Waals surface area contributed by atoms with E-state index < -0.39 is 0 Å². The van der Waals surface area contributed by atoms with E-state index in [0.29, 0.717) is 30.1 Å². The lowest BCUT2D eigenvalue weighted by Crippen LogP contribution is -2.19. The summed E-state index contributed by atoms with van der Waals surface area (Å²) in [6.45, 7) is 9.05. The van der Waals surface area contributed by atoms with Crippen LogP contribution >= 0.6 is 0 Å². The fourth-order valence-corrected chi connectivity index (χ4v) is 2.56. The number of rotatable bonds is 6. The van der Waals surface area contributed by atoms with E-state index in [4.69, 9.17) is 10.3 Å². The van der Waals surface area contributed by atoms with Crippen LogP contribution < -0.4 is 5.73 Å². The zero-order chi connectivity index (χ0) is 15.4. The van der Waals surface area contributed by atoms with Gasteiger partial charge in [0, 0.05) is 12.6 Å². The molecule has 0 aliphatic rings. The minimum absolute atomic E-state index is 0.380. The van der Waals surface area contributed by atoms with E-state index >= 15 is 0 Å². The lowest BCUT2D eigenvalue weighted by atomic mass is 9.94. The second-order valence-electron chi connectivity index (χ2n) is 6.13. The first-order chi connectivity index (χ1) is 9.99. The number of pyridine rings is 1. The molecule has 0 aromatic carbocycles. The Bertz CT molecular complexity index is 592. The Kier molecular flexibility index (Phi) is 5.07. The molecule has 0 amide bonds. The third-order valence-electron chi connectivity index (χ3n) is 3.50. The monoisotopic (exact) mass is 288 g/mol. The molecule has 2 N–H and O–H groups in total. The van der Waals surface area contributed by atoms with E-state index in [2.05, 4.69) is 35.0 Å². The van der Waals surface area contributed by atoms with Crippen LogP contribution in [-0.4, -0.2) is 21.7 Å². The lowest BCUT2D eigenvalue weighted by molar-refractivity contribution is 0.332. The van der Waals surface area contributed by atoms with Crippen molar-refractivity contribution in [3.63, 3.8) is 0 Å². The van der Waals surface area contributed by atoms with Crippen molar-refractivity contribution in [2.75, 3.05) is 6.54 Å². The molecule has 2 aromatic heterocycles. The predicted molar refractivity (Wildman–Crippen MR) is 82.7 cm³/mol. The van der Waals surface area contributed by atoms with Gasteiger partial charge in [0.2, 0.25) is 11.7 Å². The van der Waals surface area contributed by atoms with Crippen LogP contribution in [0, 0.1) is 25.7 Å². The van der Waals surface area contributed by atoms with E-state index in [1.165, 1.54) is 0 Å². The van der Waals surface area contributed by atoms with Gasteiger partial charge in [0.1, 0.15) is 5.69 Å². The molecule has 2 heterocycles. The van der Waals surface area contributed by atoms with Crippen molar-refractivity contribution in [2.24, 2.45) is 17.6 Å². The van der Waals surface area contributed by atoms with Gasteiger partial charge >= 0.3 is 0 Å². The van der Waals surface area contributed by atoms with Crippen molar-refractivity contribution >= 4 is 0 Å². The summed E-state index contributed by atoms with van der Waals surface area (Å²) < 4.78 is 5.36. The molecular formula is C16H24N4O. The SMILES string of the molecule is Cc1cnc(-c2noc(C[C@@H](CN)CC(C)C)n2)c(C)c1. The normalized spacial score (nSPS) is 12.9. The first-order valence-corrected chi connectivity index (χ1v) is 7.45. The summed E-state index contributed by atoms with van der Waals surface area (Å²) in [4.78, 5) is 8.87. The van der Waals surface area contributed by atoms with Gasteiger partial charge in [-0.3, -0.25) is 4.98 Å². The summed E-state index contributed by atoms with van der Waals surface area (Å²) in [5, 5.41) is 4.05. The predicted octanol–water partition coefficient (Wildman–Crippen LogP) is 2.91. The quantitative estimate of drug-likeness (QED) is 0.884. The molecule has 2 rings (SSSR count). The van der Waals surface area contributed by atoms with Crippen molar-refractivity contribution in [3.8, 4) is 11.5 Å². The zero-order valence-electron chi connectivity index (χ0n) is 13.3. The van der Waals surface area contributed by atoms with Crippen molar-refractivity contribution in [2.45, 2.75) is 40.5 Å². The maximum Gasteiger partial charge on any atom is 0.227 e. The molecular weight excluding hydrogens is 264 g/mol. The van der Waals surface area contributed by atoms with Crippen LogP contribution in [-0.2, 0) is 6.42 Å². The number of aromatic nitrogens is 3. The molecule has 5 heteroatoms. The summed E-state index contributed by atoms with van der Waals surface area (Å²) in [5.74, 6) is 2.19. The molecule has 0 radical (unpaired) electrons. The van der Waals surface area contributed by atoms with Crippen molar-refractivity contribution in [1.82, 2.24) is 15.1 Å². The molecule has 0 bridgehead atoms. The molecule has 0 aliphatic heterocycles. The van der Waals surface area contributed by atoms with Gasteiger partial charge in [0.15, 0.2) is 0 Å². The molecule has 114 valence electrons. The van der Waals surface area contributed by atoms with Crippen molar-refractivity contribution in [3.05, 3.63) is 29.3 Å². The van der Waals surface area contributed by atoms with E-state index in [9.17, 15) is 0 Å². The Morgan fingerprint density at radius 2 is 2.05 bits per heavy atom. The van der Waals surface area contributed by atoms with Crippen molar-refractivity contribution < 1.29 is 4.52 Å². The number of aryl methyl sites for hydroxylation is 2. The average Bonchev–Trinajstić information content (AvgIpc) is 2.85. The molecule has 21 heavy (non-hydrogen) atoms. The first-order valence-electron chi connectivity index (χ1n) is 7.45. The fourth-order valence-electron chi connectivity index (χ4n) is 2.56.